The lowest BCUT2D eigenvalue weighted by molar-refractivity contribution is -0.120. The van der Waals surface area contributed by atoms with E-state index in [0.29, 0.717) is 24.2 Å². The summed E-state index contributed by atoms with van der Waals surface area (Å²) < 4.78 is 18.9. The zero-order valence-corrected chi connectivity index (χ0v) is 14.2. The molecule has 6 nitrogen and oxygen atoms in total. The van der Waals surface area contributed by atoms with E-state index in [4.69, 9.17) is 4.74 Å². The van der Waals surface area contributed by atoms with E-state index in [9.17, 15) is 14.0 Å². The summed E-state index contributed by atoms with van der Waals surface area (Å²) in [5, 5.41) is 5.21. The van der Waals surface area contributed by atoms with Crippen LogP contribution in [-0.4, -0.2) is 62.7 Å². The molecule has 0 aromatic heterocycles. The molecule has 1 aromatic rings. The molecule has 2 N–H and O–H groups in total. The topological polar surface area (TPSA) is 70.7 Å². The monoisotopic (exact) mass is 387 g/mol. The highest BCUT2D eigenvalue weighted by molar-refractivity contribution is 9.10. The minimum absolute atomic E-state index is 0.143. The van der Waals surface area contributed by atoms with Gasteiger partial charge in [0.25, 0.3) is 5.91 Å². The molecule has 2 rings (SSSR count). The van der Waals surface area contributed by atoms with Crippen LogP contribution in [0.3, 0.4) is 0 Å². The van der Waals surface area contributed by atoms with Crippen LogP contribution < -0.4 is 10.6 Å². The number of hydrogen-bond donors (Lipinski definition) is 2. The SMILES string of the molecule is O=C(CNC(=O)c1cc(F)cc(Br)c1)NCCN1CCOCC1. The second-order valence-corrected chi connectivity index (χ2v) is 6.06. The number of nitrogens with one attached hydrogen (secondary N) is 2. The average molecular weight is 388 g/mol. The van der Waals surface area contributed by atoms with E-state index in [0.717, 1.165) is 25.7 Å². The minimum atomic E-state index is -0.514. The fourth-order valence-electron chi connectivity index (χ4n) is 2.19. The molecular weight excluding hydrogens is 369 g/mol. The van der Waals surface area contributed by atoms with Gasteiger partial charge >= 0.3 is 0 Å². The highest BCUT2D eigenvalue weighted by atomic mass is 79.9. The van der Waals surface area contributed by atoms with Crippen molar-refractivity contribution in [1.82, 2.24) is 15.5 Å². The van der Waals surface area contributed by atoms with Crippen LogP contribution in [0, 0.1) is 5.82 Å². The predicted molar refractivity (Wildman–Crippen MR) is 86.7 cm³/mol. The quantitative estimate of drug-likeness (QED) is 0.756. The number of rotatable bonds is 6. The Hall–Kier alpha value is -1.51. The first kappa shape index (κ1) is 17.8. The molecule has 23 heavy (non-hydrogen) atoms. The van der Waals surface area contributed by atoms with E-state index < -0.39 is 11.7 Å². The van der Waals surface area contributed by atoms with Crippen molar-refractivity contribution in [3.05, 3.63) is 34.1 Å². The smallest absolute Gasteiger partial charge is 0.251 e. The van der Waals surface area contributed by atoms with Crippen molar-refractivity contribution in [2.75, 3.05) is 45.9 Å². The summed E-state index contributed by atoms with van der Waals surface area (Å²) in [5.74, 6) is -1.28. The van der Waals surface area contributed by atoms with E-state index in [-0.39, 0.29) is 18.0 Å². The lowest BCUT2D eigenvalue weighted by Gasteiger charge is -2.26. The molecule has 1 fully saturated rings. The zero-order chi connectivity index (χ0) is 16.7. The van der Waals surface area contributed by atoms with Crippen LogP contribution in [-0.2, 0) is 9.53 Å². The summed E-state index contributed by atoms with van der Waals surface area (Å²) in [6.07, 6.45) is 0. The van der Waals surface area contributed by atoms with Crippen molar-refractivity contribution in [2.24, 2.45) is 0 Å². The van der Waals surface area contributed by atoms with Crippen molar-refractivity contribution in [1.29, 1.82) is 0 Å². The second kappa shape index (κ2) is 8.95. The Kier molecular flexibility index (Phi) is 6.94. The average Bonchev–Trinajstić information content (AvgIpc) is 2.52. The number of hydrogen-bond acceptors (Lipinski definition) is 4. The standard InChI is InChI=1S/C15H19BrFN3O3/c16-12-7-11(8-13(17)9-12)15(22)19-10-14(21)18-1-2-20-3-5-23-6-4-20/h7-9H,1-6,10H2,(H,18,21)(H,19,22). The zero-order valence-electron chi connectivity index (χ0n) is 12.6. The normalized spacial score (nSPS) is 15.2. The Bertz CT molecular complexity index is 545. The van der Waals surface area contributed by atoms with Crippen molar-refractivity contribution in [3.8, 4) is 0 Å². The summed E-state index contributed by atoms with van der Waals surface area (Å²) >= 11 is 3.12. The van der Waals surface area contributed by atoms with Crippen molar-refractivity contribution in [3.63, 3.8) is 0 Å². The molecule has 1 saturated heterocycles. The third-order valence-electron chi connectivity index (χ3n) is 3.39. The molecule has 0 aliphatic carbocycles. The highest BCUT2D eigenvalue weighted by Crippen LogP contribution is 2.14. The van der Waals surface area contributed by atoms with Gasteiger partial charge in [0.15, 0.2) is 0 Å². The van der Waals surface area contributed by atoms with Crippen LogP contribution in [0.25, 0.3) is 0 Å². The number of amides is 2. The van der Waals surface area contributed by atoms with E-state index in [1.54, 1.807) is 0 Å². The Morgan fingerprint density at radius 2 is 1.96 bits per heavy atom. The molecule has 2 amide bonds. The number of morpholine rings is 1. The Morgan fingerprint density at radius 3 is 2.65 bits per heavy atom. The first-order valence-corrected chi connectivity index (χ1v) is 8.15. The maximum Gasteiger partial charge on any atom is 0.251 e. The molecule has 126 valence electrons. The number of benzene rings is 1. The molecule has 1 heterocycles. The van der Waals surface area contributed by atoms with Crippen LogP contribution in [0.1, 0.15) is 10.4 Å². The van der Waals surface area contributed by atoms with Crippen LogP contribution >= 0.6 is 15.9 Å². The maximum absolute atomic E-state index is 13.2. The Labute approximate surface area is 142 Å². The van der Waals surface area contributed by atoms with E-state index in [2.05, 4.69) is 31.5 Å². The number of carbonyl (C=O) groups is 2. The van der Waals surface area contributed by atoms with E-state index >= 15 is 0 Å². The summed E-state index contributed by atoms with van der Waals surface area (Å²) in [7, 11) is 0. The second-order valence-electron chi connectivity index (χ2n) is 5.14. The van der Waals surface area contributed by atoms with Gasteiger partial charge in [-0.05, 0) is 18.2 Å². The molecule has 0 radical (unpaired) electrons. The maximum atomic E-state index is 13.2. The third-order valence-corrected chi connectivity index (χ3v) is 3.85. The number of halogens is 2. The van der Waals surface area contributed by atoms with E-state index in [1.165, 1.54) is 12.1 Å². The van der Waals surface area contributed by atoms with Gasteiger partial charge in [0, 0.05) is 36.2 Å². The lowest BCUT2D eigenvalue weighted by atomic mass is 10.2. The van der Waals surface area contributed by atoms with Crippen molar-refractivity contribution < 1.29 is 18.7 Å². The molecule has 1 aromatic carbocycles. The Balaban J connectivity index is 1.68. The summed E-state index contributed by atoms with van der Waals surface area (Å²) in [6.45, 7) is 4.28. The molecule has 0 spiro atoms. The number of ether oxygens (including phenoxy) is 1. The molecule has 1 aliphatic rings. The molecule has 0 atom stereocenters. The molecular formula is C15H19BrFN3O3. The van der Waals surface area contributed by atoms with Crippen LogP contribution in [0.5, 0.6) is 0 Å². The molecule has 1 aliphatic heterocycles. The fourth-order valence-corrected chi connectivity index (χ4v) is 2.65. The largest absolute Gasteiger partial charge is 0.379 e. The first-order valence-electron chi connectivity index (χ1n) is 7.35. The van der Waals surface area contributed by atoms with Gasteiger partial charge in [-0.1, -0.05) is 15.9 Å². The predicted octanol–water partition coefficient (Wildman–Crippen LogP) is 0.766. The molecule has 0 unspecified atom stereocenters. The summed E-state index contributed by atoms with van der Waals surface area (Å²) in [5.41, 5.74) is 0.165. The number of nitrogens with zero attached hydrogens (tertiary/aromatic N) is 1. The van der Waals surface area contributed by atoms with Gasteiger partial charge in [-0.2, -0.15) is 0 Å². The molecule has 0 saturated carbocycles. The lowest BCUT2D eigenvalue weighted by Crippen LogP contribution is -2.43. The first-order chi connectivity index (χ1) is 11.0. The van der Waals surface area contributed by atoms with Crippen LogP contribution in [0.2, 0.25) is 0 Å². The van der Waals surface area contributed by atoms with Gasteiger partial charge in [0.2, 0.25) is 5.91 Å². The minimum Gasteiger partial charge on any atom is -0.379 e. The van der Waals surface area contributed by atoms with Crippen LogP contribution in [0.15, 0.2) is 22.7 Å². The van der Waals surface area contributed by atoms with Gasteiger partial charge in [-0.25, -0.2) is 4.39 Å². The van der Waals surface area contributed by atoms with Crippen molar-refractivity contribution in [2.45, 2.75) is 0 Å². The van der Waals surface area contributed by atoms with Crippen molar-refractivity contribution >= 4 is 27.7 Å². The Morgan fingerprint density at radius 1 is 1.22 bits per heavy atom. The van der Waals surface area contributed by atoms with Gasteiger partial charge < -0.3 is 15.4 Å². The molecule has 8 heteroatoms. The third kappa shape index (κ3) is 6.25. The fraction of sp³-hybridized carbons (Fsp3) is 0.467. The summed E-state index contributed by atoms with van der Waals surface area (Å²) in [6, 6.07) is 3.88. The van der Waals surface area contributed by atoms with Gasteiger partial charge in [-0.3, -0.25) is 14.5 Å². The number of carbonyl (C=O) groups excluding carboxylic acids is 2. The van der Waals surface area contributed by atoms with E-state index in [1.807, 2.05) is 0 Å². The highest BCUT2D eigenvalue weighted by Gasteiger charge is 2.12. The van der Waals surface area contributed by atoms with Gasteiger partial charge in [0.05, 0.1) is 19.8 Å². The molecule has 0 bridgehead atoms. The van der Waals surface area contributed by atoms with Crippen LogP contribution in [0.4, 0.5) is 4.39 Å². The summed E-state index contributed by atoms with van der Waals surface area (Å²) in [4.78, 5) is 25.8. The van der Waals surface area contributed by atoms with Gasteiger partial charge in [0.1, 0.15) is 5.82 Å². The van der Waals surface area contributed by atoms with Gasteiger partial charge in [-0.15, -0.1) is 0 Å².